The van der Waals surface area contributed by atoms with Gasteiger partial charge in [0.1, 0.15) is 0 Å². The number of pyridine rings is 2. The number of nitrogens with zero attached hydrogens (tertiary/aromatic N) is 2. The van der Waals surface area contributed by atoms with E-state index in [1.165, 1.54) is 0 Å². The molecule has 114 valence electrons. The third kappa shape index (κ3) is 1.27. The van der Waals surface area contributed by atoms with E-state index < -0.39 is 0 Å². The van der Waals surface area contributed by atoms with Crippen molar-refractivity contribution < 1.29 is 9.59 Å². The Morgan fingerprint density at radius 2 is 1.17 bits per heavy atom. The Morgan fingerprint density at radius 3 is 1.62 bits per heavy atom. The molecule has 0 bridgehead atoms. The van der Waals surface area contributed by atoms with Crippen molar-refractivity contribution in [3.8, 4) is 0 Å². The highest BCUT2D eigenvalue weighted by molar-refractivity contribution is 6.15. The van der Waals surface area contributed by atoms with E-state index in [4.69, 9.17) is 0 Å². The van der Waals surface area contributed by atoms with Gasteiger partial charge in [-0.05, 0) is 24.3 Å². The minimum atomic E-state index is 0.145. The molecule has 0 N–H and O–H groups in total. The van der Waals surface area contributed by atoms with Crippen LogP contribution in [0.3, 0.4) is 0 Å². The van der Waals surface area contributed by atoms with Crippen LogP contribution in [-0.4, -0.2) is 20.4 Å². The van der Waals surface area contributed by atoms with E-state index in [9.17, 15) is 9.59 Å². The first-order chi connectivity index (χ1) is 11.7. The maximum atomic E-state index is 11.9. The van der Waals surface area contributed by atoms with Gasteiger partial charge in [0.2, 0.25) is 0 Å². The fourth-order valence-corrected chi connectivity index (χ4v) is 4.27. The molecule has 0 fully saturated rings. The van der Waals surface area contributed by atoms with Gasteiger partial charge in [-0.1, -0.05) is 12.2 Å². The molecule has 0 saturated heterocycles. The zero-order valence-electron chi connectivity index (χ0n) is 12.7. The summed E-state index contributed by atoms with van der Waals surface area (Å²) >= 11 is 0. The Labute approximate surface area is 135 Å². The average Bonchev–Trinajstić information content (AvgIpc) is 3.06. The molecule has 0 aromatic carbocycles. The van der Waals surface area contributed by atoms with Crippen molar-refractivity contribution in [2.45, 2.75) is 12.8 Å². The first-order valence-corrected chi connectivity index (χ1v) is 8.07. The Hall–Kier alpha value is -3.14. The lowest BCUT2D eigenvalue weighted by Crippen LogP contribution is -2.30. The summed E-state index contributed by atoms with van der Waals surface area (Å²) in [6.07, 6.45) is 12.5. The highest BCUT2D eigenvalue weighted by atomic mass is 16.1. The Balaban J connectivity index is 2.03. The van der Waals surface area contributed by atoms with Gasteiger partial charge in [0, 0.05) is 46.4 Å². The van der Waals surface area contributed by atoms with Gasteiger partial charge in [-0.15, -0.1) is 0 Å². The van der Waals surface area contributed by atoms with Crippen LogP contribution in [0.4, 0.5) is 0 Å². The van der Waals surface area contributed by atoms with E-state index in [1.807, 2.05) is 12.2 Å². The molecule has 4 heterocycles. The van der Waals surface area contributed by atoms with Crippen LogP contribution >= 0.6 is 0 Å². The number of Topliss-reactive ketones (excluding diaryl/α,β-unsaturated/α-hetero) is 2. The van der Waals surface area contributed by atoms with Gasteiger partial charge in [0.05, 0.1) is 21.7 Å². The molecule has 6 rings (SSSR count). The van der Waals surface area contributed by atoms with Crippen LogP contribution in [0.2, 0.25) is 0 Å². The molecular weight excluding hydrogens is 300 g/mol. The van der Waals surface area contributed by atoms with Crippen LogP contribution in [0.25, 0.3) is 46.1 Å². The Bertz CT molecular complexity index is 1360. The van der Waals surface area contributed by atoms with Crippen LogP contribution in [-0.2, 0) is 9.59 Å². The molecule has 2 aliphatic carbocycles. The van der Waals surface area contributed by atoms with Crippen LogP contribution < -0.4 is 21.1 Å². The lowest BCUT2D eigenvalue weighted by molar-refractivity contribution is -0.113. The highest BCUT2D eigenvalue weighted by Gasteiger charge is 2.18. The number of ketones is 2. The van der Waals surface area contributed by atoms with Crippen LogP contribution in [0.15, 0.2) is 24.5 Å². The maximum Gasteiger partial charge on any atom is 0.160 e. The second-order valence-electron chi connectivity index (χ2n) is 6.53. The molecule has 0 amide bonds. The van der Waals surface area contributed by atoms with E-state index in [0.717, 1.165) is 42.9 Å². The fourth-order valence-electron chi connectivity index (χ4n) is 4.27. The van der Waals surface area contributed by atoms with Crippen molar-refractivity contribution in [1.82, 2.24) is 8.80 Å². The molecule has 4 heteroatoms. The third-order valence-corrected chi connectivity index (χ3v) is 5.25. The smallest absolute Gasteiger partial charge is 0.160 e. The molecule has 0 atom stereocenters. The van der Waals surface area contributed by atoms with Crippen molar-refractivity contribution in [2.24, 2.45) is 0 Å². The summed E-state index contributed by atoms with van der Waals surface area (Å²) in [6.45, 7) is 0. The third-order valence-electron chi connectivity index (χ3n) is 5.25. The molecule has 0 saturated carbocycles. The average molecular weight is 312 g/mol. The molecule has 0 radical (unpaired) electrons. The van der Waals surface area contributed by atoms with Gasteiger partial charge in [-0.2, -0.15) is 0 Å². The molecule has 4 aromatic heterocycles. The molecule has 0 unspecified atom stereocenters. The van der Waals surface area contributed by atoms with Gasteiger partial charge in [0.15, 0.2) is 11.6 Å². The normalized spacial score (nSPS) is 16.7. The minimum Gasteiger partial charge on any atom is -0.314 e. The minimum absolute atomic E-state index is 0.145. The summed E-state index contributed by atoms with van der Waals surface area (Å²) in [5.41, 5.74) is 2.23. The lowest BCUT2D eigenvalue weighted by atomic mass is 10.1. The number of aromatic nitrogens is 2. The molecule has 4 aromatic rings. The quantitative estimate of drug-likeness (QED) is 0.453. The number of carbonyl (C=O) groups is 2. The SMILES string of the molecule is O=C1C=c2c(n3ccc4c5c(n6ccc2c3c46)=CCC(=O)C=5)=CC1. The van der Waals surface area contributed by atoms with Gasteiger partial charge in [-0.25, -0.2) is 0 Å². The number of hydrogen-bond donors (Lipinski definition) is 0. The number of carbonyl (C=O) groups excluding carboxylic acids is 2. The molecule has 4 nitrogen and oxygen atoms in total. The van der Waals surface area contributed by atoms with Crippen molar-refractivity contribution >= 4 is 57.7 Å². The van der Waals surface area contributed by atoms with E-state index in [0.29, 0.717) is 12.8 Å². The second kappa shape index (κ2) is 3.85. The van der Waals surface area contributed by atoms with Crippen LogP contribution in [0, 0.1) is 0 Å². The fraction of sp³-hybridized carbons (Fsp3) is 0.100. The van der Waals surface area contributed by atoms with Crippen molar-refractivity contribution in [1.29, 1.82) is 0 Å². The monoisotopic (exact) mass is 312 g/mol. The predicted molar refractivity (Wildman–Crippen MR) is 92.7 cm³/mol. The molecule has 0 spiro atoms. The predicted octanol–water partition coefficient (Wildman–Crippen LogP) is -0.149. The Kier molecular flexibility index (Phi) is 1.97. The van der Waals surface area contributed by atoms with Gasteiger partial charge < -0.3 is 8.80 Å². The standard InChI is InChI=1S/C20H12N2O2/c23-11-1-3-17-15(9-11)13-6-8-22-18-4-2-12(24)10-16(18)14-5-7-21(17)19(13)20(14)22/h3-10H,1-2H2. The summed E-state index contributed by atoms with van der Waals surface area (Å²) < 4.78 is 4.34. The van der Waals surface area contributed by atoms with Crippen LogP contribution in [0.1, 0.15) is 12.8 Å². The zero-order chi connectivity index (χ0) is 16.0. The summed E-state index contributed by atoms with van der Waals surface area (Å²) in [4.78, 5) is 23.7. The van der Waals surface area contributed by atoms with Gasteiger partial charge in [-0.3, -0.25) is 9.59 Å². The maximum absolute atomic E-state index is 11.9. The molecule has 2 aliphatic rings. The number of hydrogen-bond acceptors (Lipinski definition) is 2. The van der Waals surface area contributed by atoms with Gasteiger partial charge in [0.25, 0.3) is 0 Å². The summed E-state index contributed by atoms with van der Waals surface area (Å²) in [5.74, 6) is 0.290. The van der Waals surface area contributed by atoms with Crippen molar-refractivity contribution in [2.75, 3.05) is 0 Å². The first kappa shape index (κ1) is 12.3. The van der Waals surface area contributed by atoms with E-state index in [-0.39, 0.29) is 11.6 Å². The van der Waals surface area contributed by atoms with E-state index in [2.05, 4.69) is 33.3 Å². The summed E-state index contributed by atoms with van der Waals surface area (Å²) in [7, 11) is 0. The first-order valence-electron chi connectivity index (χ1n) is 8.07. The molecular formula is C20H12N2O2. The van der Waals surface area contributed by atoms with E-state index >= 15 is 0 Å². The Morgan fingerprint density at radius 1 is 0.708 bits per heavy atom. The number of fused-ring (bicyclic) bond motifs is 6. The van der Waals surface area contributed by atoms with Crippen molar-refractivity contribution in [3.05, 3.63) is 45.7 Å². The lowest BCUT2D eigenvalue weighted by Gasteiger charge is -2.03. The number of rotatable bonds is 0. The largest absolute Gasteiger partial charge is 0.314 e. The van der Waals surface area contributed by atoms with Crippen LogP contribution in [0.5, 0.6) is 0 Å². The summed E-state index contributed by atoms with van der Waals surface area (Å²) in [6, 6.07) is 4.15. The highest BCUT2D eigenvalue weighted by Crippen LogP contribution is 2.21. The second-order valence-corrected chi connectivity index (χ2v) is 6.53. The van der Waals surface area contributed by atoms with Crippen molar-refractivity contribution in [3.63, 3.8) is 0 Å². The van der Waals surface area contributed by atoms with Gasteiger partial charge >= 0.3 is 0 Å². The zero-order valence-corrected chi connectivity index (χ0v) is 12.7. The molecule has 0 aliphatic heterocycles. The molecule has 24 heavy (non-hydrogen) atoms. The summed E-state index contributed by atoms with van der Waals surface area (Å²) in [5, 5.41) is 6.36. The topological polar surface area (TPSA) is 43.0 Å². The van der Waals surface area contributed by atoms with E-state index in [1.54, 1.807) is 12.2 Å².